The minimum absolute atomic E-state index is 0.637. The van der Waals surface area contributed by atoms with Gasteiger partial charge in [0, 0.05) is 11.5 Å². The molecule has 2 saturated carbocycles. The summed E-state index contributed by atoms with van der Waals surface area (Å²) in [5, 5.41) is 0. The number of hydrogen-bond acceptors (Lipinski definition) is 0. The highest BCUT2D eigenvalue weighted by Crippen LogP contribution is 2.41. The van der Waals surface area contributed by atoms with Gasteiger partial charge in [0.15, 0.2) is 0 Å². The Kier molecular flexibility index (Phi) is 8.32. The summed E-state index contributed by atoms with van der Waals surface area (Å²) in [6.45, 7) is 4.64. The van der Waals surface area contributed by atoms with Gasteiger partial charge < -0.3 is 0 Å². The highest BCUT2D eigenvalue weighted by atomic mass is 14.3. The first-order chi connectivity index (χ1) is 13.3. The van der Waals surface area contributed by atoms with E-state index in [0.717, 1.165) is 17.8 Å². The summed E-state index contributed by atoms with van der Waals surface area (Å²) in [5.74, 6) is 10.8. The van der Waals surface area contributed by atoms with Gasteiger partial charge in [0.05, 0.1) is 0 Å². The van der Waals surface area contributed by atoms with E-state index in [9.17, 15) is 0 Å². The van der Waals surface area contributed by atoms with Crippen LogP contribution in [0.15, 0.2) is 24.3 Å². The predicted molar refractivity (Wildman–Crippen MR) is 118 cm³/mol. The normalized spacial score (nSPS) is 28.4. The predicted octanol–water partition coefficient (Wildman–Crippen LogP) is 7.79. The highest BCUT2D eigenvalue weighted by Gasteiger charge is 2.29. The summed E-state index contributed by atoms with van der Waals surface area (Å²) >= 11 is 0. The number of hydrogen-bond donors (Lipinski definition) is 0. The van der Waals surface area contributed by atoms with Crippen LogP contribution in [0.1, 0.15) is 102 Å². The highest BCUT2D eigenvalue weighted by molar-refractivity contribution is 5.36. The Labute approximate surface area is 168 Å². The van der Waals surface area contributed by atoms with Crippen LogP contribution < -0.4 is 0 Å². The second-order valence-electron chi connectivity index (χ2n) is 9.22. The van der Waals surface area contributed by atoms with E-state index in [1.165, 1.54) is 94.6 Å². The van der Waals surface area contributed by atoms with Crippen molar-refractivity contribution in [2.24, 2.45) is 23.7 Å². The Morgan fingerprint density at radius 1 is 0.778 bits per heavy atom. The van der Waals surface area contributed by atoms with E-state index in [-0.39, 0.29) is 0 Å². The van der Waals surface area contributed by atoms with Crippen LogP contribution in [0.3, 0.4) is 0 Å². The van der Waals surface area contributed by atoms with Gasteiger partial charge in [0.1, 0.15) is 0 Å². The van der Waals surface area contributed by atoms with Crippen LogP contribution in [0.2, 0.25) is 0 Å². The fourth-order valence-corrected chi connectivity index (χ4v) is 5.32. The quantitative estimate of drug-likeness (QED) is 0.357. The van der Waals surface area contributed by atoms with E-state index < -0.39 is 0 Å². The van der Waals surface area contributed by atoms with Gasteiger partial charge in [0.2, 0.25) is 0 Å². The van der Waals surface area contributed by atoms with Gasteiger partial charge >= 0.3 is 0 Å². The SMILES string of the molecule is CCCCCc1ccc(C#CC2CCC([C@H]3CC[C@H](CC)CC3)CC2)cc1. The van der Waals surface area contributed by atoms with Crippen molar-refractivity contribution in [1.29, 1.82) is 0 Å². The summed E-state index contributed by atoms with van der Waals surface area (Å²) in [5.41, 5.74) is 2.67. The molecule has 0 amide bonds. The lowest BCUT2D eigenvalue weighted by molar-refractivity contribution is 0.156. The maximum Gasteiger partial charge on any atom is 0.0245 e. The summed E-state index contributed by atoms with van der Waals surface area (Å²) in [6.07, 6.45) is 18.1. The van der Waals surface area contributed by atoms with E-state index in [0.29, 0.717) is 5.92 Å². The average molecular weight is 365 g/mol. The molecule has 0 unspecified atom stereocenters. The molecule has 2 fully saturated rings. The first-order valence-electron chi connectivity index (χ1n) is 11.9. The standard InChI is InChI=1S/C27H40/c1-3-5-6-7-23-8-10-24(11-9-23)12-13-25-16-20-27(21-17-25)26-18-14-22(4-2)15-19-26/h8-11,22,25-27H,3-7,14-21H2,1-2H3/t22-,25?,26-,27?. The molecule has 0 atom stereocenters. The van der Waals surface area contributed by atoms with Crippen molar-refractivity contribution < 1.29 is 0 Å². The van der Waals surface area contributed by atoms with Crippen molar-refractivity contribution in [3.8, 4) is 11.8 Å². The monoisotopic (exact) mass is 364 g/mol. The minimum Gasteiger partial charge on any atom is -0.0945 e. The van der Waals surface area contributed by atoms with Crippen molar-refractivity contribution >= 4 is 0 Å². The van der Waals surface area contributed by atoms with Crippen molar-refractivity contribution in [2.45, 2.75) is 97.3 Å². The van der Waals surface area contributed by atoms with E-state index in [2.05, 4.69) is 50.0 Å². The van der Waals surface area contributed by atoms with Crippen molar-refractivity contribution in [1.82, 2.24) is 0 Å². The van der Waals surface area contributed by atoms with Gasteiger partial charge in [-0.3, -0.25) is 0 Å². The maximum atomic E-state index is 3.60. The van der Waals surface area contributed by atoms with Crippen LogP contribution >= 0.6 is 0 Å². The van der Waals surface area contributed by atoms with Crippen molar-refractivity contribution in [3.63, 3.8) is 0 Å². The van der Waals surface area contributed by atoms with Gasteiger partial charge in [-0.1, -0.05) is 69.9 Å². The molecule has 1 aromatic carbocycles. The first-order valence-corrected chi connectivity index (χ1v) is 11.9. The Balaban J connectivity index is 1.42. The molecule has 0 heterocycles. The van der Waals surface area contributed by atoms with Gasteiger partial charge in [-0.25, -0.2) is 0 Å². The largest absolute Gasteiger partial charge is 0.0945 e. The first kappa shape index (κ1) is 20.5. The van der Waals surface area contributed by atoms with Crippen LogP contribution in [-0.4, -0.2) is 0 Å². The van der Waals surface area contributed by atoms with Crippen LogP contribution in [0, 0.1) is 35.5 Å². The molecular weight excluding hydrogens is 324 g/mol. The van der Waals surface area contributed by atoms with Crippen molar-refractivity contribution in [2.75, 3.05) is 0 Å². The third-order valence-electron chi connectivity index (χ3n) is 7.35. The molecule has 0 aromatic heterocycles. The lowest BCUT2D eigenvalue weighted by Crippen LogP contribution is -2.25. The van der Waals surface area contributed by atoms with Crippen LogP contribution in [0.25, 0.3) is 0 Å². The molecule has 3 rings (SSSR count). The third-order valence-corrected chi connectivity index (χ3v) is 7.35. The second kappa shape index (κ2) is 10.9. The average Bonchev–Trinajstić information content (AvgIpc) is 2.74. The topological polar surface area (TPSA) is 0 Å². The Morgan fingerprint density at radius 2 is 1.41 bits per heavy atom. The van der Waals surface area contributed by atoms with Gasteiger partial charge in [0.25, 0.3) is 0 Å². The Bertz CT molecular complexity index is 583. The molecular formula is C27H40. The van der Waals surface area contributed by atoms with Crippen molar-refractivity contribution in [3.05, 3.63) is 35.4 Å². The summed E-state index contributed by atoms with van der Waals surface area (Å²) < 4.78 is 0. The van der Waals surface area contributed by atoms with Gasteiger partial charge in [-0.15, -0.1) is 0 Å². The Hall–Kier alpha value is -1.22. The second-order valence-corrected chi connectivity index (χ2v) is 9.22. The molecule has 0 spiro atoms. The molecule has 0 nitrogen and oxygen atoms in total. The van der Waals surface area contributed by atoms with E-state index >= 15 is 0 Å². The zero-order chi connectivity index (χ0) is 18.9. The van der Waals surface area contributed by atoms with Gasteiger partial charge in [-0.2, -0.15) is 0 Å². The Morgan fingerprint density at radius 3 is 2.00 bits per heavy atom. The number of unbranched alkanes of at least 4 members (excludes halogenated alkanes) is 2. The van der Waals surface area contributed by atoms with E-state index in [1.807, 2.05) is 0 Å². The lowest BCUT2D eigenvalue weighted by Gasteiger charge is -2.36. The number of benzene rings is 1. The number of aryl methyl sites for hydroxylation is 1. The van der Waals surface area contributed by atoms with Gasteiger partial charge in [-0.05, 0) is 86.8 Å². The number of rotatable bonds is 6. The molecule has 27 heavy (non-hydrogen) atoms. The molecule has 2 aliphatic carbocycles. The maximum absolute atomic E-state index is 3.60. The fraction of sp³-hybridized carbons (Fsp3) is 0.704. The zero-order valence-electron chi connectivity index (χ0n) is 17.8. The molecule has 148 valence electrons. The third kappa shape index (κ3) is 6.41. The molecule has 0 aliphatic heterocycles. The fourth-order valence-electron chi connectivity index (χ4n) is 5.32. The van der Waals surface area contributed by atoms with E-state index in [1.54, 1.807) is 0 Å². The summed E-state index contributed by atoms with van der Waals surface area (Å²) in [4.78, 5) is 0. The zero-order valence-corrected chi connectivity index (χ0v) is 17.8. The minimum atomic E-state index is 0.637. The molecule has 0 bridgehead atoms. The molecule has 0 N–H and O–H groups in total. The molecule has 2 aliphatic rings. The van der Waals surface area contributed by atoms with Crippen LogP contribution in [0.4, 0.5) is 0 Å². The lowest BCUT2D eigenvalue weighted by atomic mass is 9.69. The van der Waals surface area contributed by atoms with Crippen LogP contribution in [-0.2, 0) is 6.42 Å². The molecule has 1 aromatic rings. The summed E-state index contributed by atoms with van der Waals surface area (Å²) in [6, 6.07) is 9.02. The molecule has 0 radical (unpaired) electrons. The smallest absolute Gasteiger partial charge is 0.0245 e. The van der Waals surface area contributed by atoms with Crippen LogP contribution in [0.5, 0.6) is 0 Å². The van der Waals surface area contributed by atoms with E-state index in [4.69, 9.17) is 0 Å². The molecule has 0 heteroatoms. The molecule has 0 saturated heterocycles. The summed E-state index contributed by atoms with van der Waals surface area (Å²) in [7, 11) is 0.